The molecule has 1 aromatic carbocycles. The summed E-state index contributed by atoms with van der Waals surface area (Å²) >= 11 is 0. The van der Waals surface area contributed by atoms with Gasteiger partial charge in [0.25, 0.3) is 0 Å². The van der Waals surface area contributed by atoms with E-state index in [1.54, 1.807) is 7.11 Å². The Morgan fingerprint density at radius 2 is 2.00 bits per heavy atom. The fourth-order valence-corrected chi connectivity index (χ4v) is 1.74. The SMILES string of the molecule is CCC(C)(OC)C(NN)c1ccccc1. The number of benzene rings is 1. The van der Waals surface area contributed by atoms with Crippen molar-refractivity contribution in [2.75, 3.05) is 7.11 Å². The average Bonchev–Trinajstić information content (AvgIpc) is 2.31. The number of hydrogen-bond acceptors (Lipinski definition) is 3. The highest BCUT2D eigenvalue weighted by Gasteiger charge is 2.32. The van der Waals surface area contributed by atoms with Crippen LogP contribution in [-0.2, 0) is 4.74 Å². The number of nitrogens with one attached hydrogen (secondary N) is 1. The molecule has 2 atom stereocenters. The van der Waals surface area contributed by atoms with Gasteiger partial charge in [0.15, 0.2) is 0 Å². The lowest BCUT2D eigenvalue weighted by Crippen LogP contribution is -2.45. The molecule has 0 saturated carbocycles. The van der Waals surface area contributed by atoms with E-state index in [1.807, 2.05) is 18.2 Å². The van der Waals surface area contributed by atoms with E-state index in [1.165, 1.54) is 0 Å². The third kappa shape index (κ3) is 2.56. The van der Waals surface area contributed by atoms with E-state index in [-0.39, 0.29) is 11.6 Å². The van der Waals surface area contributed by atoms with Crippen molar-refractivity contribution in [3.8, 4) is 0 Å². The number of hydrazine groups is 1. The topological polar surface area (TPSA) is 47.3 Å². The molecule has 3 nitrogen and oxygen atoms in total. The quantitative estimate of drug-likeness (QED) is 0.575. The molecule has 0 heterocycles. The fraction of sp³-hybridized carbons (Fsp3) is 0.500. The van der Waals surface area contributed by atoms with E-state index in [9.17, 15) is 0 Å². The predicted molar refractivity (Wildman–Crippen MR) is 62.2 cm³/mol. The van der Waals surface area contributed by atoms with E-state index in [4.69, 9.17) is 10.6 Å². The maximum atomic E-state index is 5.61. The minimum absolute atomic E-state index is 0.00806. The Bertz CT molecular complexity index is 283. The molecule has 0 spiro atoms. The Hall–Kier alpha value is -0.900. The van der Waals surface area contributed by atoms with Crippen LogP contribution in [0.3, 0.4) is 0 Å². The molecule has 0 radical (unpaired) electrons. The lowest BCUT2D eigenvalue weighted by molar-refractivity contribution is -0.0300. The summed E-state index contributed by atoms with van der Waals surface area (Å²) in [5.41, 5.74) is 3.70. The Balaban J connectivity index is 2.98. The number of methoxy groups -OCH3 is 1. The third-order valence-corrected chi connectivity index (χ3v) is 3.08. The van der Waals surface area contributed by atoms with Crippen LogP contribution in [0.4, 0.5) is 0 Å². The normalized spacial score (nSPS) is 17.1. The second-order valence-corrected chi connectivity index (χ2v) is 3.88. The van der Waals surface area contributed by atoms with Gasteiger partial charge in [0.05, 0.1) is 11.6 Å². The first kappa shape index (κ1) is 12.2. The molecule has 0 aliphatic carbocycles. The molecule has 1 aromatic rings. The first-order valence-corrected chi connectivity index (χ1v) is 5.24. The van der Waals surface area contributed by atoms with Crippen molar-refractivity contribution in [2.24, 2.45) is 5.84 Å². The Morgan fingerprint density at radius 3 is 2.40 bits per heavy atom. The summed E-state index contributed by atoms with van der Waals surface area (Å²) in [6.07, 6.45) is 0.896. The Labute approximate surface area is 91.6 Å². The van der Waals surface area contributed by atoms with Gasteiger partial charge in [-0.3, -0.25) is 11.3 Å². The summed E-state index contributed by atoms with van der Waals surface area (Å²) in [5, 5.41) is 0. The van der Waals surface area contributed by atoms with Crippen LogP contribution in [0.5, 0.6) is 0 Å². The average molecular weight is 208 g/mol. The highest BCUT2D eigenvalue weighted by Crippen LogP contribution is 2.30. The summed E-state index contributed by atoms with van der Waals surface area (Å²) < 4.78 is 5.55. The van der Waals surface area contributed by atoms with Gasteiger partial charge in [-0.1, -0.05) is 37.3 Å². The first-order chi connectivity index (χ1) is 7.18. The minimum Gasteiger partial charge on any atom is -0.376 e. The largest absolute Gasteiger partial charge is 0.376 e. The van der Waals surface area contributed by atoms with Crippen LogP contribution >= 0.6 is 0 Å². The van der Waals surface area contributed by atoms with Crippen LogP contribution < -0.4 is 11.3 Å². The standard InChI is InChI=1S/C12H20N2O/c1-4-12(2,15-3)11(14-13)10-8-6-5-7-9-10/h5-9,11,14H,4,13H2,1-3H3. The van der Waals surface area contributed by atoms with Gasteiger partial charge in [-0.15, -0.1) is 0 Å². The van der Waals surface area contributed by atoms with Gasteiger partial charge < -0.3 is 4.74 Å². The lowest BCUT2D eigenvalue weighted by atomic mass is 9.88. The summed E-state index contributed by atoms with van der Waals surface area (Å²) in [4.78, 5) is 0. The van der Waals surface area contributed by atoms with E-state index in [2.05, 4.69) is 31.4 Å². The van der Waals surface area contributed by atoms with Crippen molar-refractivity contribution >= 4 is 0 Å². The summed E-state index contributed by atoms with van der Waals surface area (Å²) in [5.74, 6) is 5.61. The zero-order valence-corrected chi connectivity index (χ0v) is 9.66. The summed E-state index contributed by atoms with van der Waals surface area (Å²) in [7, 11) is 1.72. The van der Waals surface area contributed by atoms with E-state index in [0.717, 1.165) is 12.0 Å². The van der Waals surface area contributed by atoms with Crippen molar-refractivity contribution in [2.45, 2.75) is 31.9 Å². The van der Waals surface area contributed by atoms with Crippen molar-refractivity contribution in [3.63, 3.8) is 0 Å². The molecular formula is C12H20N2O. The van der Waals surface area contributed by atoms with Crippen molar-refractivity contribution in [1.82, 2.24) is 5.43 Å². The van der Waals surface area contributed by atoms with Crippen molar-refractivity contribution in [3.05, 3.63) is 35.9 Å². The van der Waals surface area contributed by atoms with E-state index >= 15 is 0 Å². The Morgan fingerprint density at radius 1 is 1.40 bits per heavy atom. The highest BCUT2D eigenvalue weighted by atomic mass is 16.5. The molecule has 0 saturated heterocycles. The second kappa shape index (κ2) is 5.26. The smallest absolute Gasteiger partial charge is 0.0854 e. The zero-order valence-electron chi connectivity index (χ0n) is 9.66. The van der Waals surface area contributed by atoms with Crippen LogP contribution in [0.2, 0.25) is 0 Å². The van der Waals surface area contributed by atoms with Gasteiger partial charge in [0, 0.05) is 7.11 Å². The molecule has 15 heavy (non-hydrogen) atoms. The van der Waals surface area contributed by atoms with Gasteiger partial charge in [-0.05, 0) is 18.9 Å². The summed E-state index contributed by atoms with van der Waals surface area (Å²) in [6.45, 7) is 4.15. The zero-order chi connectivity index (χ0) is 11.3. The molecule has 0 aliphatic heterocycles. The van der Waals surface area contributed by atoms with Gasteiger partial charge in [0.2, 0.25) is 0 Å². The number of ether oxygens (including phenoxy) is 1. The maximum Gasteiger partial charge on any atom is 0.0854 e. The Kier molecular flexibility index (Phi) is 4.27. The number of hydrogen-bond donors (Lipinski definition) is 2. The molecule has 0 aromatic heterocycles. The summed E-state index contributed by atoms with van der Waals surface area (Å²) in [6, 6.07) is 10.1. The highest BCUT2D eigenvalue weighted by molar-refractivity contribution is 5.21. The van der Waals surface area contributed by atoms with Gasteiger partial charge in [-0.2, -0.15) is 0 Å². The number of nitrogens with two attached hydrogens (primary N) is 1. The van der Waals surface area contributed by atoms with E-state index in [0.29, 0.717) is 0 Å². The van der Waals surface area contributed by atoms with Crippen molar-refractivity contribution < 1.29 is 4.74 Å². The maximum absolute atomic E-state index is 5.61. The molecule has 2 unspecified atom stereocenters. The van der Waals surface area contributed by atoms with Gasteiger partial charge >= 0.3 is 0 Å². The molecule has 0 aliphatic rings. The van der Waals surface area contributed by atoms with Crippen LogP contribution in [-0.4, -0.2) is 12.7 Å². The fourth-order valence-electron chi connectivity index (χ4n) is 1.74. The van der Waals surface area contributed by atoms with Gasteiger partial charge in [-0.25, -0.2) is 0 Å². The molecule has 3 N–H and O–H groups in total. The van der Waals surface area contributed by atoms with Crippen LogP contribution in [0.25, 0.3) is 0 Å². The second-order valence-electron chi connectivity index (χ2n) is 3.88. The molecule has 84 valence electrons. The predicted octanol–water partition coefficient (Wildman–Crippen LogP) is 2.01. The minimum atomic E-state index is -0.282. The monoisotopic (exact) mass is 208 g/mol. The van der Waals surface area contributed by atoms with Gasteiger partial charge in [0.1, 0.15) is 0 Å². The molecule has 1 rings (SSSR count). The lowest BCUT2D eigenvalue weighted by Gasteiger charge is -2.35. The van der Waals surface area contributed by atoms with Crippen LogP contribution in [0.15, 0.2) is 30.3 Å². The molecule has 3 heteroatoms. The molecule has 0 amide bonds. The first-order valence-electron chi connectivity index (χ1n) is 5.24. The third-order valence-electron chi connectivity index (χ3n) is 3.08. The van der Waals surface area contributed by atoms with E-state index < -0.39 is 0 Å². The molecular weight excluding hydrogens is 188 g/mol. The molecule has 0 fully saturated rings. The van der Waals surface area contributed by atoms with Crippen molar-refractivity contribution in [1.29, 1.82) is 0 Å². The molecule has 0 bridgehead atoms. The van der Waals surface area contributed by atoms with Crippen LogP contribution in [0, 0.1) is 0 Å². The van der Waals surface area contributed by atoms with Crippen LogP contribution in [0.1, 0.15) is 31.9 Å². The number of rotatable bonds is 5.